The van der Waals surface area contributed by atoms with E-state index in [0.717, 1.165) is 22.9 Å². The Hall–Kier alpha value is -2.79. The fourth-order valence-corrected chi connectivity index (χ4v) is 2.81. The van der Waals surface area contributed by atoms with Crippen molar-refractivity contribution in [1.82, 2.24) is 5.32 Å². The largest absolute Gasteiger partial charge is 0.489 e. The van der Waals surface area contributed by atoms with E-state index in [1.807, 2.05) is 54.6 Å². The van der Waals surface area contributed by atoms with Gasteiger partial charge in [0.2, 0.25) is 0 Å². The van der Waals surface area contributed by atoms with E-state index in [4.69, 9.17) is 4.74 Å². The number of hydrogen-bond donors (Lipinski definition) is 1. The van der Waals surface area contributed by atoms with Crippen LogP contribution in [0.2, 0.25) is 0 Å². The van der Waals surface area contributed by atoms with Gasteiger partial charge in [0.05, 0.1) is 5.56 Å². The zero-order valence-electron chi connectivity index (χ0n) is 15.4. The van der Waals surface area contributed by atoms with E-state index in [0.29, 0.717) is 31.7 Å². The second kappa shape index (κ2) is 9.42. The van der Waals surface area contributed by atoms with Gasteiger partial charge in [-0.3, -0.25) is 0 Å². The second-order valence-corrected chi connectivity index (χ2v) is 6.54. The van der Waals surface area contributed by atoms with Gasteiger partial charge >= 0.3 is 6.18 Å². The zero-order chi connectivity index (χ0) is 19.8. The third kappa shape index (κ3) is 6.13. The molecule has 3 rings (SSSR count). The maximum absolute atomic E-state index is 12.7. The first-order valence-corrected chi connectivity index (χ1v) is 9.13. The van der Waals surface area contributed by atoms with Gasteiger partial charge in [0.25, 0.3) is 0 Å². The monoisotopic (exact) mass is 385 g/mol. The van der Waals surface area contributed by atoms with Gasteiger partial charge in [-0.2, -0.15) is 13.2 Å². The van der Waals surface area contributed by atoms with Crippen LogP contribution in [0.3, 0.4) is 0 Å². The van der Waals surface area contributed by atoms with Crippen molar-refractivity contribution in [2.75, 3.05) is 6.54 Å². The summed E-state index contributed by atoms with van der Waals surface area (Å²) in [5, 5.41) is 3.26. The number of alkyl halides is 3. The Balaban J connectivity index is 1.42. The molecule has 0 unspecified atom stereocenters. The van der Waals surface area contributed by atoms with Crippen molar-refractivity contribution in [3.63, 3.8) is 0 Å². The highest BCUT2D eigenvalue weighted by atomic mass is 19.4. The molecule has 3 aromatic carbocycles. The number of ether oxygens (including phenoxy) is 1. The van der Waals surface area contributed by atoms with Gasteiger partial charge in [0, 0.05) is 6.54 Å². The van der Waals surface area contributed by atoms with Crippen LogP contribution < -0.4 is 10.1 Å². The molecule has 0 aliphatic rings. The summed E-state index contributed by atoms with van der Waals surface area (Å²) in [6.07, 6.45) is -3.75. The Labute approximate surface area is 163 Å². The summed E-state index contributed by atoms with van der Waals surface area (Å²) in [5.74, 6) is 0.802. The molecular formula is C23H22F3NO. The number of hydrogen-bond acceptors (Lipinski definition) is 2. The smallest absolute Gasteiger partial charge is 0.416 e. The first kappa shape index (κ1) is 20.0. The minimum Gasteiger partial charge on any atom is -0.489 e. The Kier molecular flexibility index (Phi) is 6.71. The molecule has 0 heterocycles. The van der Waals surface area contributed by atoms with E-state index in [2.05, 4.69) is 5.32 Å². The van der Waals surface area contributed by atoms with Gasteiger partial charge in [-0.25, -0.2) is 0 Å². The minimum atomic E-state index is -4.30. The molecule has 146 valence electrons. The molecule has 0 atom stereocenters. The molecule has 0 aromatic heterocycles. The van der Waals surface area contributed by atoms with E-state index < -0.39 is 11.7 Å². The van der Waals surface area contributed by atoms with Crippen molar-refractivity contribution < 1.29 is 17.9 Å². The molecular weight excluding hydrogens is 363 g/mol. The number of benzene rings is 3. The fourth-order valence-electron chi connectivity index (χ4n) is 2.81. The summed E-state index contributed by atoms with van der Waals surface area (Å²) in [6, 6.07) is 23.2. The van der Waals surface area contributed by atoms with E-state index in [1.54, 1.807) is 6.07 Å². The lowest BCUT2D eigenvalue weighted by Gasteiger charge is -2.10. The Morgan fingerprint density at radius 2 is 1.46 bits per heavy atom. The van der Waals surface area contributed by atoms with Crippen LogP contribution in [-0.4, -0.2) is 6.54 Å². The highest BCUT2D eigenvalue weighted by molar-refractivity contribution is 5.28. The lowest BCUT2D eigenvalue weighted by atomic mass is 10.1. The summed E-state index contributed by atoms with van der Waals surface area (Å²) in [5.41, 5.74) is 2.28. The second-order valence-electron chi connectivity index (χ2n) is 6.54. The molecule has 0 bridgehead atoms. The van der Waals surface area contributed by atoms with Gasteiger partial charge in [0.1, 0.15) is 12.4 Å². The van der Waals surface area contributed by atoms with Crippen LogP contribution in [-0.2, 0) is 25.7 Å². The predicted octanol–water partition coefficient (Wildman–Crippen LogP) is 5.62. The number of halogens is 3. The molecule has 0 amide bonds. The average Bonchev–Trinajstić information content (AvgIpc) is 2.71. The lowest BCUT2D eigenvalue weighted by molar-refractivity contribution is -0.137. The van der Waals surface area contributed by atoms with E-state index in [1.165, 1.54) is 12.1 Å². The van der Waals surface area contributed by atoms with Crippen LogP contribution >= 0.6 is 0 Å². The zero-order valence-corrected chi connectivity index (χ0v) is 15.4. The fraction of sp³-hybridized carbons (Fsp3) is 0.217. The Bertz CT molecular complexity index is 861. The molecule has 0 aliphatic carbocycles. The van der Waals surface area contributed by atoms with Crippen molar-refractivity contribution in [2.24, 2.45) is 0 Å². The molecule has 2 nitrogen and oxygen atoms in total. The van der Waals surface area contributed by atoms with Crippen molar-refractivity contribution in [2.45, 2.75) is 25.7 Å². The molecule has 3 aromatic rings. The van der Waals surface area contributed by atoms with Crippen LogP contribution in [0.1, 0.15) is 22.3 Å². The molecule has 1 N–H and O–H groups in total. The molecule has 0 fully saturated rings. The van der Waals surface area contributed by atoms with Gasteiger partial charge < -0.3 is 10.1 Å². The molecule has 0 aliphatic heterocycles. The first-order chi connectivity index (χ1) is 13.5. The van der Waals surface area contributed by atoms with E-state index in [-0.39, 0.29) is 0 Å². The topological polar surface area (TPSA) is 21.3 Å². The predicted molar refractivity (Wildman–Crippen MR) is 104 cm³/mol. The van der Waals surface area contributed by atoms with Crippen LogP contribution in [0, 0.1) is 0 Å². The van der Waals surface area contributed by atoms with E-state index >= 15 is 0 Å². The van der Waals surface area contributed by atoms with Gasteiger partial charge in [-0.05, 0) is 47.9 Å². The average molecular weight is 385 g/mol. The first-order valence-electron chi connectivity index (χ1n) is 9.13. The summed E-state index contributed by atoms with van der Waals surface area (Å²) in [7, 11) is 0. The maximum atomic E-state index is 12.7. The van der Waals surface area contributed by atoms with Crippen LogP contribution in [0.5, 0.6) is 5.75 Å². The number of rotatable bonds is 8. The minimum absolute atomic E-state index is 0.523. The SMILES string of the molecule is FC(F)(F)c1cccc(CCNCc2ccc(OCc3ccccc3)cc2)c1. The summed E-state index contributed by atoms with van der Waals surface area (Å²) >= 11 is 0. The van der Waals surface area contributed by atoms with Gasteiger partial charge in [-0.1, -0.05) is 60.7 Å². The van der Waals surface area contributed by atoms with E-state index in [9.17, 15) is 13.2 Å². The van der Waals surface area contributed by atoms with Crippen LogP contribution in [0.25, 0.3) is 0 Å². The summed E-state index contributed by atoms with van der Waals surface area (Å²) < 4.78 is 44.0. The van der Waals surface area contributed by atoms with Gasteiger partial charge in [-0.15, -0.1) is 0 Å². The Morgan fingerprint density at radius 1 is 0.750 bits per heavy atom. The van der Waals surface area contributed by atoms with Crippen molar-refractivity contribution in [3.05, 3.63) is 101 Å². The third-order valence-corrected chi connectivity index (χ3v) is 4.35. The normalized spacial score (nSPS) is 11.4. The van der Waals surface area contributed by atoms with Gasteiger partial charge in [0.15, 0.2) is 0 Å². The van der Waals surface area contributed by atoms with Crippen molar-refractivity contribution in [3.8, 4) is 5.75 Å². The quantitative estimate of drug-likeness (QED) is 0.509. The standard InChI is InChI=1S/C23H22F3NO/c24-23(25,26)21-8-4-7-18(15-21)13-14-27-16-19-9-11-22(12-10-19)28-17-20-5-2-1-3-6-20/h1-12,15,27H,13-14,16-17H2. The van der Waals surface area contributed by atoms with Crippen molar-refractivity contribution >= 4 is 0 Å². The summed E-state index contributed by atoms with van der Waals surface area (Å²) in [6.45, 7) is 1.78. The summed E-state index contributed by atoms with van der Waals surface area (Å²) in [4.78, 5) is 0. The maximum Gasteiger partial charge on any atom is 0.416 e. The molecule has 5 heteroatoms. The van der Waals surface area contributed by atoms with Crippen LogP contribution in [0.15, 0.2) is 78.9 Å². The highest BCUT2D eigenvalue weighted by Crippen LogP contribution is 2.29. The molecule has 0 spiro atoms. The number of nitrogens with one attached hydrogen (secondary N) is 1. The molecule has 0 saturated heterocycles. The highest BCUT2D eigenvalue weighted by Gasteiger charge is 2.30. The Morgan fingerprint density at radius 3 is 2.18 bits per heavy atom. The lowest BCUT2D eigenvalue weighted by Crippen LogP contribution is -2.17. The van der Waals surface area contributed by atoms with Crippen molar-refractivity contribution in [1.29, 1.82) is 0 Å². The molecule has 0 radical (unpaired) electrons. The van der Waals surface area contributed by atoms with Crippen LogP contribution in [0.4, 0.5) is 13.2 Å². The molecule has 0 saturated carbocycles. The molecule has 28 heavy (non-hydrogen) atoms. The third-order valence-electron chi connectivity index (χ3n) is 4.35.